The Hall–Kier alpha value is -1.97. The molecule has 1 amide bonds. The van der Waals surface area contributed by atoms with Gasteiger partial charge in [-0.2, -0.15) is 0 Å². The Kier molecular flexibility index (Phi) is 4.82. The van der Waals surface area contributed by atoms with Gasteiger partial charge in [-0.3, -0.25) is 9.59 Å². The lowest BCUT2D eigenvalue weighted by atomic mass is 10.1. The van der Waals surface area contributed by atoms with Gasteiger partial charge in [-0.25, -0.2) is 8.42 Å². The summed E-state index contributed by atoms with van der Waals surface area (Å²) >= 11 is 0. The van der Waals surface area contributed by atoms with Gasteiger partial charge in [-0.15, -0.1) is 0 Å². The second kappa shape index (κ2) is 5.99. The third kappa shape index (κ3) is 3.53. The number of carboxylic acids is 1. The number of carboxylic acid groups (broad SMARTS) is 1. The zero-order valence-electron chi connectivity index (χ0n) is 10.8. The molecule has 0 spiro atoms. The van der Waals surface area contributed by atoms with Gasteiger partial charge < -0.3 is 15.2 Å². The molecule has 1 aromatic carbocycles. The fourth-order valence-corrected chi connectivity index (χ4v) is 2.44. The van der Waals surface area contributed by atoms with Gasteiger partial charge in [0.25, 0.3) is 15.9 Å². The van der Waals surface area contributed by atoms with Crippen molar-refractivity contribution >= 4 is 21.9 Å². The van der Waals surface area contributed by atoms with Crippen molar-refractivity contribution in [2.24, 2.45) is 0 Å². The maximum Gasteiger partial charge on any atom is 0.323 e. The van der Waals surface area contributed by atoms with Gasteiger partial charge in [0.15, 0.2) is 0 Å². The lowest BCUT2D eigenvalue weighted by molar-refractivity contribution is -0.137. The van der Waals surface area contributed by atoms with Gasteiger partial charge in [0.1, 0.15) is 6.54 Å². The van der Waals surface area contributed by atoms with E-state index in [1.807, 2.05) is 0 Å². The molecule has 0 unspecified atom stereocenters. The van der Waals surface area contributed by atoms with Crippen LogP contribution >= 0.6 is 0 Å². The number of benzene rings is 1. The van der Waals surface area contributed by atoms with E-state index in [9.17, 15) is 18.0 Å². The van der Waals surface area contributed by atoms with Gasteiger partial charge in [-0.1, -0.05) is 11.0 Å². The Bertz CT molecular complexity index is 640. The number of likely N-dealkylation sites (N-methyl/N-ethyl adjacent to an activating group) is 1. The number of carbonyl (C=O) groups is 2. The van der Waals surface area contributed by atoms with Crippen LogP contribution in [-0.2, 0) is 14.8 Å². The van der Waals surface area contributed by atoms with E-state index in [4.69, 9.17) is 10.3 Å². The molecule has 0 aliphatic heterocycles. The molecule has 0 saturated carbocycles. The summed E-state index contributed by atoms with van der Waals surface area (Å²) in [7, 11) is -2.83. The Balaban J connectivity index is 3.19. The molecule has 0 atom stereocenters. The minimum absolute atomic E-state index is 0.00757. The highest BCUT2D eigenvalue weighted by atomic mass is 32.2. The van der Waals surface area contributed by atoms with Crippen LogP contribution in [0.2, 0.25) is 0 Å². The highest BCUT2D eigenvalue weighted by Gasteiger charge is 2.20. The molecule has 0 bridgehead atoms. The number of hydrogen-bond donors (Lipinski definition) is 3. The summed E-state index contributed by atoms with van der Waals surface area (Å²) in [6.07, 6.45) is 0. The molecule has 20 heavy (non-hydrogen) atoms. The summed E-state index contributed by atoms with van der Waals surface area (Å²) in [6, 6.07) is 3.85. The second-order valence-electron chi connectivity index (χ2n) is 4.13. The van der Waals surface area contributed by atoms with Crippen molar-refractivity contribution < 1.29 is 28.3 Å². The molecule has 9 heteroatoms. The van der Waals surface area contributed by atoms with Crippen molar-refractivity contribution in [1.82, 2.24) is 9.79 Å². The van der Waals surface area contributed by atoms with Crippen LogP contribution in [0.25, 0.3) is 0 Å². The number of sulfonamides is 1. The highest BCUT2D eigenvalue weighted by Crippen LogP contribution is 2.17. The van der Waals surface area contributed by atoms with Crippen LogP contribution in [0.15, 0.2) is 23.1 Å². The molecule has 0 aromatic heterocycles. The SMILES string of the molecule is Cc1ccc(C(=O)N(C)CC(=O)O)cc1S(=O)(=O)NO. The first-order valence-corrected chi connectivity index (χ1v) is 6.91. The van der Waals surface area contributed by atoms with E-state index in [1.165, 1.54) is 31.0 Å². The first-order valence-electron chi connectivity index (χ1n) is 5.43. The minimum atomic E-state index is -4.12. The zero-order valence-corrected chi connectivity index (χ0v) is 11.6. The predicted molar refractivity (Wildman–Crippen MR) is 67.9 cm³/mol. The second-order valence-corrected chi connectivity index (χ2v) is 5.76. The molecular weight excluding hydrogens is 288 g/mol. The number of rotatable bonds is 5. The van der Waals surface area contributed by atoms with E-state index in [1.54, 1.807) is 0 Å². The van der Waals surface area contributed by atoms with E-state index >= 15 is 0 Å². The van der Waals surface area contributed by atoms with Crippen molar-refractivity contribution in [3.63, 3.8) is 0 Å². The standard InChI is InChI=1S/C11H14N2O6S/c1-7-3-4-8(5-9(7)20(18,19)12-17)11(16)13(2)6-10(14)15/h3-5,12,17H,6H2,1-2H3,(H,14,15). The van der Waals surface area contributed by atoms with Crippen molar-refractivity contribution in [1.29, 1.82) is 0 Å². The lowest BCUT2D eigenvalue weighted by Crippen LogP contribution is -2.32. The average molecular weight is 302 g/mol. The van der Waals surface area contributed by atoms with Crippen LogP contribution < -0.4 is 4.89 Å². The van der Waals surface area contributed by atoms with Gasteiger partial charge in [0.2, 0.25) is 0 Å². The summed E-state index contributed by atoms with van der Waals surface area (Å²) in [4.78, 5) is 24.3. The number of aryl methyl sites for hydroxylation is 1. The molecule has 0 aliphatic rings. The molecule has 110 valence electrons. The molecule has 0 fully saturated rings. The Morgan fingerprint density at radius 2 is 1.95 bits per heavy atom. The topological polar surface area (TPSA) is 124 Å². The number of nitrogens with one attached hydrogen (secondary N) is 1. The summed E-state index contributed by atoms with van der Waals surface area (Å²) < 4.78 is 23.1. The van der Waals surface area contributed by atoms with Crippen LogP contribution in [-0.4, -0.2) is 49.1 Å². The first kappa shape index (κ1) is 16.1. The van der Waals surface area contributed by atoms with Crippen molar-refractivity contribution in [3.05, 3.63) is 29.3 Å². The van der Waals surface area contributed by atoms with Crippen molar-refractivity contribution in [3.8, 4) is 0 Å². The molecule has 0 saturated heterocycles. The third-order valence-corrected chi connectivity index (χ3v) is 3.82. The van der Waals surface area contributed by atoms with E-state index in [2.05, 4.69) is 0 Å². The first-order chi connectivity index (χ1) is 9.19. The Morgan fingerprint density at radius 3 is 2.45 bits per heavy atom. The van der Waals surface area contributed by atoms with Crippen LogP contribution in [0.3, 0.4) is 0 Å². The Morgan fingerprint density at radius 1 is 1.35 bits per heavy atom. The van der Waals surface area contributed by atoms with Crippen LogP contribution in [0, 0.1) is 6.92 Å². The molecule has 0 aliphatic carbocycles. The predicted octanol–water partition coefficient (Wildman–Crippen LogP) is -0.181. The molecule has 0 radical (unpaired) electrons. The van der Waals surface area contributed by atoms with Gasteiger partial charge in [0, 0.05) is 12.6 Å². The fourth-order valence-electron chi connectivity index (χ4n) is 1.57. The van der Waals surface area contributed by atoms with E-state index in [0.717, 1.165) is 11.0 Å². The summed E-state index contributed by atoms with van der Waals surface area (Å²) in [5, 5.41) is 17.2. The third-order valence-electron chi connectivity index (χ3n) is 2.56. The normalized spacial score (nSPS) is 11.2. The number of nitrogens with zero attached hydrogens (tertiary/aromatic N) is 1. The van der Waals surface area contributed by atoms with Gasteiger partial charge >= 0.3 is 5.97 Å². The molecular formula is C11H14N2O6S. The molecule has 8 nitrogen and oxygen atoms in total. The minimum Gasteiger partial charge on any atom is -0.480 e. The van der Waals surface area contributed by atoms with E-state index in [0.29, 0.717) is 5.56 Å². The smallest absolute Gasteiger partial charge is 0.323 e. The van der Waals surface area contributed by atoms with Crippen molar-refractivity contribution in [2.45, 2.75) is 11.8 Å². The molecule has 1 aromatic rings. The van der Waals surface area contributed by atoms with Gasteiger partial charge in [0.05, 0.1) is 4.90 Å². The van der Waals surface area contributed by atoms with E-state index in [-0.39, 0.29) is 10.5 Å². The maximum absolute atomic E-state index is 11.9. The maximum atomic E-state index is 11.9. The fraction of sp³-hybridized carbons (Fsp3) is 0.273. The van der Waals surface area contributed by atoms with Crippen LogP contribution in [0.4, 0.5) is 0 Å². The monoisotopic (exact) mass is 302 g/mol. The summed E-state index contributed by atoms with van der Waals surface area (Å²) in [5.74, 6) is -1.82. The Labute approximate surface area is 115 Å². The quantitative estimate of drug-likeness (QED) is 0.648. The molecule has 0 heterocycles. The molecule has 1 rings (SSSR count). The number of hydrogen-bond acceptors (Lipinski definition) is 5. The lowest BCUT2D eigenvalue weighted by Gasteiger charge is -2.15. The molecule has 3 N–H and O–H groups in total. The van der Waals surface area contributed by atoms with E-state index < -0.39 is 28.4 Å². The van der Waals surface area contributed by atoms with Gasteiger partial charge in [-0.05, 0) is 24.6 Å². The zero-order chi connectivity index (χ0) is 15.5. The number of amides is 1. The number of carbonyl (C=O) groups excluding carboxylic acids is 1. The highest BCUT2D eigenvalue weighted by molar-refractivity contribution is 7.89. The van der Waals surface area contributed by atoms with Crippen LogP contribution in [0.1, 0.15) is 15.9 Å². The average Bonchev–Trinajstić information content (AvgIpc) is 2.37. The van der Waals surface area contributed by atoms with Crippen molar-refractivity contribution in [2.75, 3.05) is 13.6 Å². The largest absolute Gasteiger partial charge is 0.480 e. The van der Waals surface area contributed by atoms with Crippen LogP contribution in [0.5, 0.6) is 0 Å². The number of aliphatic carboxylic acids is 1. The summed E-state index contributed by atoms with van der Waals surface area (Å²) in [6.45, 7) is 0.993. The summed E-state index contributed by atoms with van der Waals surface area (Å²) in [5.41, 5.74) is 0.345.